The Hall–Kier alpha value is -2.17. The molecule has 0 unspecified atom stereocenters. The van der Waals surface area contributed by atoms with Gasteiger partial charge in [0, 0.05) is 33.3 Å². The van der Waals surface area contributed by atoms with Crippen LogP contribution >= 0.6 is 23.2 Å². The molecule has 0 saturated heterocycles. The number of hydrogen-bond acceptors (Lipinski definition) is 3. The molecule has 0 radical (unpaired) electrons. The van der Waals surface area contributed by atoms with E-state index in [2.05, 4.69) is 4.98 Å². The molecule has 0 saturated carbocycles. The highest BCUT2D eigenvalue weighted by molar-refractivity contribution is 6.35. The number of aromatic nitrogens is 1. The zero-order chi connectivity index (χ0) is 15.0. The lowest BCUT2D eigenvalue weighted by Gasteiger charge is -2.07. The lowest BCUT2D eigenvalue weighted by Crippen LogP contribution is -1.92. The van der Waals surface area contributed by atoms with Crippen molar-refractivity contribution in [1.82, 2.24) is 4.98 Å². The van der Waals surface area contributed by atoms with E-state index in [0.717, 1.165) is 5.56 Å². The van der Waals surface area contributed by atoms with Crippen LogP contribution in [-0.2, 0) is 0 Å². The second-order valence-electron chi connectivity index (χ2n) is 4.45. The number of rotatable bonds is 2. The summed E-state index contributed by atoms with van der Waals surface area (Å²) in [7, 11) is 0. The van der Waals surface area contributed by atoms with E-state index < -0.39 is 4.92 Å². The van der Waals surface area contributed by atoms with Crippen LogP contribution in [0.4, 0.5) is 5.69 Å². The third-order valence-electron chi connectivity index (χ3n) is 3.12. The molecule has 104 valence electrons. The van der Waals surface area contributed by atoms with Gasteiger partial charge in [0.25, 0.3) is 5.69 Å². The Morgan fingerprint density at radius 3 is 2.38 bits per heavy atom. The first-order chi connectivity index (χ1) is 10.1. The molecule has 4 nitrogen and oxygen atoms in total. The van der Waals surface area contributed by atoms with Gasteiger partial charge in [0.15, 0.2) is 0 Å². The van der Waals surface area contributed by atoms with Crippen molar-refractivity contribution < 1.29 is 4.92 Å². The number of fused-ring (bicyclic) bond motifs is 1. The molecule has 1 aromatic heterocycles. The fourth-order valence-electron chi connectivity index (χ4n) is 2.27. The average Bonchev–Trinajstić information content (AvgIpc) is 2.44. The first-order valence-corrected chi connectivity index (χ1v) is 6.80. The van der Waals surface area contributed by atoms with Gasteiger partial charge in [0.05, 0.1) is 16.0 Å². The highest BCUT2D eigenvalue weighted by Crippen LogP contribution is 2.33. The second kappa shape index (κ2) is 5.31. The summed E-state index contributed by atoms with van der Waals surface area (Å²) in [5.41, 5.74) is 1.38. The van der Waals surface area contributed by atoms with Gasteiger partial charge in [-0.05, 0) is 24.3 Å². The molecule has 1 heterocycles. The van der Waals surface area contributed by atoms with E-state index in [4.69, 9.17) is 23.2 Å². The number of nitro groups is 1. The summed E-state index contributed by atoms with van der Waals surface area (Å²) < 4.78 is 0. The van der Waals surface area contributed by atoms with Gasteiger partial charge in [-0.15, -0.1) is 0 Å². The molecular weight excluding hydrogens is 311 g/mol. The largest absolute Gasteiger partial charge is 0.277 e. The SMILES string of the molecule is O=[N+]([O-])c1cccc2c(-c3cc(Cl)cc(Cl)c3)nccc12. The van der Waals surface area contributed by atoms with Gasteiger partial charge < -0.3 is 0 Å². The van der Waals surface area contributed by atoms with E-state index in [1.165, 1.54) is 6.07 Å². The number of pyridine rings is 1. The summed E-state index contributed by atoms with van der Waals surface area (Å²) in [5, 5.41) is 13.3. The molecule has 0 aliphatic heterocycles. The molecule has 3 rings (SSSR count). The van der Waals surface area contributed by atoms with Crippen LogP contribution in [0, 0.1) is 10.1 Å². The van der Waals surface area contributed by atoms with Crippen LogP contribution in [0.5, 0.6) is 0 Å². The van der Waals surface area contributed by atoms with Gasteiger partial charge in [-0.25, -0.2) is 0 Å². The Kier molecular flexibility index (Phi) is 3.49. The summed E-state index contributed by atoms with van der Waals surface area (Å²) in [5.74, 6) is 0. The molecule has 0 N–H and O–H groups in total. The van der Waals surface area contributed by atoms with Gasteiger partial charge in [-0.1, -0.05) is 35.3 Å². The Bertz CT molecular complexity index is 845. The minimum atomic E-state index is -0.406. The smallest absolute Gasteiger partial charge is 0.258 e. The molecule has 21 heavy (non-hydrogen) atoms. The quantitative estimate of drug-likeness (QED) is 0.487. The van der Waals surface area contributed by atoms with Crippen molar-refractivity contribution in [3.8, 4) is 11.3 Å². The number of benzene rings is 2. The van der Waals surface area contributed by atoms with Gasteiger partial charge >= 0.3 is 0 Å². The van der Waals surface area contributed by atoms with Crippen molar-refractivity contribution in [2.45, 2.75) is 0 Å². The second-order valence-corrected chi connectivity index (χ2v) is 5.32. The summed E-state index contributed by atoms with van der Waals surface area (Å²) >= 11 is 12.0. The molecule has 0 spiro atoms. The van der Waals surface area contributed by atoms with E-state index in [1.54, 1.807) is 42.6 Å². The zero-order valence-electron chi connectivity index (χ0n) is 10.6. The number of nitro benzene ring substituents is 1. The highest BCUT2D eigenvalue weighted by Gasteiger charge is 2.15. The summed E-state index contributed by atoms with van der Waals surface area (Å²) in [6.45, 7) is 0. The van der Waals surface area contributed by atoms with Crippen molar-refractivity contribution in [3.63, 3.8) is 0 Å². The molecular formula is C15H8Cl2N2O2. The maximum atomic E-state index is 11.1. The Morgan fingerprint density at radius 2 is 1.71 bits per heavy atom. The molecule has 0 aliphatic rings. The highest BCUT2D eigenvalue weighted by atomic mass is 35.5. The molecule has 0 aliphatic carbocycles. The van der Waals surface area contributed by atoms with E-state index in [-0.39, 0.29) is 5.69 Å². The first-order valence-electron chi connectivity index (χ1n) is 6.05. The van der Waals surface area contributed by atoms with Crippen LogP contribution in [0.1, 0.15) is 0 Å². The minimum Gasteiger partial charge on any atom is -0.258 e. The minimum absolute atomic E-state index is 0.0456. The third kappa shape index (κ3) is 2.55. The van der Waals surface area contributed by atoms with E-state index in [1.807, 2.05) is 0 Å². The van der Waals surface area contributed by atoms with Crippen LogP contribution in [0.25, 0.3) is 22.0 Å². The molecule has 6 heteroatoms. The summed E-state index contributed by atoms with van der Waals surface area (Å²) in [6, 6.07) is 11.6. The predicted molar refractivity (Wildman–Crippen MR) is 83.9 cm³/mol. The summed E-state index contributed by atoms with van der Waals surface area (Å²) in [6.07, 6.45) is 1.54. The predicted octanol–water partition coefficient (Wildman–Crippen LogP) is 5.12. The molecule has 0 amide bonds. The normalized spacial score (nSPS) is 10.8. The standard InChI is InChI=1S/C15H8Cl2N2O2/c16-10-6-9(7-11(17)8-10)15-13-2-1-3-14(19(20)21)12(13)4-5-18-15/h1-8H. The maximum Gasteiger partial charge on any atom is 0.277 e. The van der Waals surface area contributed by atoms with E-state index in [9.17, 15) is 10.1 Å². The third-order valence-corrected chi connectivity index (χ3v) is 3.55. The van der Waals surface area contributed by atoms with Gasteiger partial charge in [0.1, 0.15) is 0 Å². The van der Waals surface area contributed by atoms with E-state index in [0.29, 0.717) is 26.5 Å². The van der Waals surface area contributed by atoms with Crippen LogP contribution in [0.3, 0.4) is 0 Å². The molecule has 0 atom stereocenters. The van der Waals surface area contributed by atoms with Crippen molar-refractivity contribution in [2.75, 3.05) is 0 Å². The number of non-ortho nitro benzene ring substituents is 1. The van der Waals surface area contributed by atoms with Crippen molar-refractivity contribution in [1.29, 1.82) is 0 Å². The Balaban J connectivity index is 2.33. The monoisotopic (exact) mass is 318 g/mol. The van der Waals surface area contributed by atoms with Gasteiger partial charge in [-0.2, -0.15) is 0 Å². The molecule has 3 aromatic rings. The molecule has 0 bridgehead atoms. The molecule has 2 aromatic carbocycles. The fraction of sp³-hybridized carbons (Fsp3) is 0. The first kappa shape index (κ1) is 13.8. The number of nitrogens with zero attached hydrogens (tertiary/aromatic N) is 2. The number of halogens is 2. The van der Waals surface area contributed by atoms with Crippen molar-refractivity contribution in [2.24, 2.45) is 0 Å². The average molecular weight is 319 g/mol. The van der Waals surface area contributed by atoms with E-state index >= 15 is 0 Å². The van der Waals surface area contributed by atoms with Gasteiger partial charge in [-0.3, -0.25) is 15.1 Å². The maximum absolute atomic E-state index is 11.1. The van der Waals surface area contributed by atoms with Crippen molar-refractivity contribution >= 4 is 39.7 Å². The lowest BCUT2D eigenvalue weighted by molar-refractivity contribution is -0.383. The fourth-order valence-corrected chi connectivity index (χ4v) is 2.80. The van der Waals surface area contributed by atoms with Crippen LogP contribution in [-0.4, -0.2) is 9.91 Å². The molecule has 0 fully saturated rings. The van der Waals surface area contributed by atoms with Crippen LogP contribution in [0.15, 0.2) is 48.7 Å². The lowest BCUT2D eigenvalue weighted by atomic mass is 10.0. The topological polar surface area (TPSA) is 56.0 Å². The summed E-state index contributed by atoms with van der Waals surface area (Å²) in [4.78, 5) is 15.0. The zero-order valence-corrected chi connectivity index (χ0v) is 12.1. The number of hydrogen-bond donors (Lipinski definition) is 0. The Labute approximate surface area is 130 Å². The van der Waals surface area contributed by atoms with Gasteiger partial charge in [0.2, 0.25) is 0 Å². The van der Waals surface area contributed by atoms with Crippen LogP contribution in [0.2, 0.25) is 10.0 Å². The van der Waals surface area contributed by atoms with Crippen molar-refractivity contribution in [3.05, 3.63) is 68.8 Å². The van der Waals surface area contributed by atoms with Crippen LogP contribution < -0.4 is 0 Å². The Morgan fingerprint density at radius 1 is 1.00 bits per heavy atom.